The first-order valence-corrected chi connectivity index (χ1v) is 16.1. The van der Waals surface area contributed by atoms with Crippen LogP contribution in [0.4, 0.5) is 0 Å². The molecule has 0 saturated heterocycles. The first-order valence-electron chi connectivity index (χ1n) is 16.1. The van der Waals surface area contributed by atoms with Crippen LogP contribution in [0.15, 0.2) is 0 Å². The molecule has 244 valence electrons. The quantitative estimate of drug-likeness (QED) is 0.0724. The Kier molecular flexibility index (Phi) is 24.3. The van der Waals surface area contributed by atoms with Gasteiger partial charge < -0.3 is 31.5 Å². The normalized spacial score (nSPS) is 12.5. The summed E-state index contributed by atoms with van der Waals surface area (Å²) in [6, 6.07) is -1.93. The molecule has 0 aromatic heterocycles. The molecule has 2 atom stereocenters. The number of unbranched alkanes of at least 4 members (excludes halogenated alkanes) is 11. The van der Waals surface area contributed by atoms with Crippen molar-refractivity contribution in [3.8, 4) is 0 Å². The third-order valence-corrected chi connectivity index (χ3v) is 7.01. The zero-order valence-electron chi connectivity index (χ0n) is 26.3. The molecule has 2 unspecified atom stereocenters. The summed E-state index contributed by atoms with van der Waals surface area (Å²) in [6.45, 7) is 6.89. The molecule has 3 amide bonds. The zero-order valence-corrected chi connectivity index (χ0v) is 26.3. The number of carboxylic acid groups (broad SMARTS) is 2. The fraction of sp³-hybridized carbons (Fsp3) is 0.839. The summed E-state index contributed by atoms with van der Waals surface area (Å²) in [7, 11) is 0. The Bertz CT molecular complexity index is 776. The summed E-state index contributed by atoms with van der Waals surface area (Å²) in [4.78, 5) is 59.6. The lowest BCUT2D eigenvalue weighted by molar-refractivity contribution is -0.139. The topological polar surface area (TPSA) is 174 Å². The molecular weight excluding hydrogens is 540 g/mol. The Hall–Kier alpha value is -2.69. The number of carboxylic acids is 2. The number of carbonyl (C=O) groups is 5. The van der Waals surface area contributed by atoms with Gasteiger partial charge in [0.05, 0.1) is 6.04 Å². The van der Waals surface area contributed by atoms with Gasteiger partial charge >= 0.3 is 11.9 Å². The molecule has 11 nitrogen and oxygen atoms in total. The van der Waals surface area contributed by atoms with E-state index in [4.69, 9.17) is 10.2 Å². The Morgan fingerprint density at radius 2 is 1.05 bits per heavy atom. The molecule has 0 aromatic carbocycles. The van der Waals surface area contributed by atoms with Crippen LogP contribution in [-0.2, 0) is 24.0 Å². The van der Waals surface area contributed by atoms with Crippen molar-refractivity contribution in [2.24, 2.45) is 0 Å². The van der Waals surface area contributed by atoms with E-state index in [1.165, 1.54) is 44.9 Å². The number of amides is 3. The molecule has 0 radical (unpaired) electrons. The Morgan fingerprint density at radius 1 is 0.571 bits per heavy atom. The minimum absolute atomic E-state index is 0.0479. The average molecular weight is 599 g/mol. The van der Waals surface area contributed by atoms with Crippen molar-refractivity contribution < 1.29 is 34.2 Å². The van der Waals surface area contributed by atoms with Crippen molar-refractivity contribution in [2.45, 2.75) is 154 Å². The van der Waals surface area contributed by atoms with E-state index in [0.29, 0.717) is 25.9 Å². The highest BCUT2D eigenvalue weighted by atomic mass is 16.4. The maximum absolute atomic E-state index is 12.8. The molecule has 0 aliphatic heterocycles. The van der Waals surface area contributed by atoms with E-state index in [9.17, 15) is 24.0 Å². The summed E-state index contributed by atoms with van der Waals surface area (Å²) in [5.74, 6) is -3.00. The van der Waals surface area contributed by atoms with Crippen LogP contribution in [0.3, 0.4) is 0 Å². The lowest BCUT2D eigenvalue weighted by atomic mass is 10.1. The van der Waals surface area contributed by atoms with Crippen LogP contribution in [-0.4, -0.2) is 71.1 Å². The van der Waals surface area contributed by atoms with Gasteiger partial charge in [-0.2, -0.15) is 0 Å². The average Bonchev–Trinajstić information content (AvgIpc) is 2.93. The standard InChI is InChI=1S/C31H58N4O7/c1-4-5-6-7-8-9-10-11-14-17-27(36)32-22-15-12-13-16-23-33-30(41)25(18-20-28(37)38)35-31(42)26(34-24(2)3)19-21-29(39)40/h24-26,34H,4-23H2,1-3H3,(H,32,36)(H,33,41)(H,35,42)(H,37,38)(H,39,40). The Labute approximate surface area is 252 Å². The van der Waals surface area contributed by atoms with Crippen molar-refractivity contribution in [1.82, 2.24) is 21.3 Å². The highest BCUT2D eigenvalue weighted by Gasteiger charge is 2.26. The molecule has 0 aliphatic rings. The molecule has 0 aromatic rings. The van der Waals surface area contributed by atoms with Gasteiger partial charge in [-0.25, -0.2) is 0 Å². The maximum atomic E-state index is 12.8. The molecule has 0 aliphatic carbocycles. The van der Waals surface area contributed by atoms with Gasteiger partial charge in [-0.15, -0.1) is 0 Å². The second-order valence-corrected chi connectivity index (χ2v) is 11.4. The Balaban J connectivity index is 4.21. The molecule has 0 bridgehead atoms. The lowest BCUT2D eigenvalue weighted by Crippen LogP contribution is -2.54. The first-order chi connectivity index (χ1) is 20.1. The number of rotatable bonds is 28. The monoisotopic (exact) mass is 598 g/mol. The number of nitrogens with one attached hydrogen (secondary N) is 4. The maximum Gasteiger partial charge on any atom is 0.303 e. The fourth-order valence-corrected chi connectivity index (χ4v) is 4.62. The van der Waals surface area contributed by atoms with Crippen LogP contribution in [0.1, 0.15) is 136 Å². The lowest BCUT2D eigenvalue weighted by Gasteiger charge is -2.24. The van der Waals surface area contributed by atoms with Gasteiger partial charge in [0.15, 0.2) is 0 Å². The zero-order chi connectivity index (χ0) is 31.6. The first kappa shape index (κ1) is 39.3. The third kappa shape index (κ3) is 24.0. The molecule has 0 heterocycles. The highest BCUT2D eigenvalue weighted by molar-refractivity contribution is 5.90. The summed E-state index contributed by atoms with van der Waals surface area (Å²) in [5.41, 5.74) is 0. The molecule has 6 N–H and O–H groups in total. The molecule has 0 saturated carbocycles. The number of aliphatic carboxylic acids is 2. The van der Waals surface area contributed by atoms with Crippen molar-refractivity contribution in [3.63, 3.8) is 0 Å². The van der Waals surface area contributed by atoms with Crippen molar-refractivity contribution in [1.29, 1.82) is 0 Å². The van der Waals surface area contributed by atoms with Gasteiger partial charge in [-0.05, 0) is 32.1 Å². The Morgan fingerprint density at radius 3 is 1.57 bits per heavy atom. The molecule has 42 heavy (non-hydrogen) atoms. The largest absolute Gasteiger partial charge is 0.481 e. The van der Waals surface area contributed by atoms with Crippen LogP contribution < -0.4 is 21.3 Å². The van der Waals surface area contributed by atoms with Crippen LogP contribution >= 0.6 is 0 Å². The van der Waals surface area contributed by atoms with Crippen LogP contribution in [0.2, 0.25) is 0 Å². The SMILES string of the molecule is CCCCCCCCCCCC(=O)NCCCCCCNC(=O)C(CCC(=O)O)NC(=O)C(CCC(=O)O)NC(C)C. The van der Waals surface area contributed by atoms with E-state index in [-0.39, 0.29) is 37.6 Å². The van der Waals surface area contributed by atoms with Gasteiger partial charge in [-0.1, -0.05) is 85.0 Å². The summed E-state index contributed by atoms with van der Waals surface area (Å²) >= 11 is 0. The van der Waals surface area contributed by atoms with E-state index in [1.807, 2.05) is 13.8 Å². The molecule has 0 spiro atoms. The predicted molar refractivity (Wildman–Crippen MR) is 164 cm³/mol. The second kappa shape index (κ2) is 26.0. The van der Waals surface area contributed by atoms with Gasteiger partial charge in [0.1, 0.15) is 6.04 Å². The molecule has 11 heteroatoms. The number of hydrogen-bond acceptors (Lipinski definition) is 6. The minimum Gasteiger partial charge on any atom is -0.481 e. The van der Waals surface area contributed by atoms with E-state index >= 15 is 0 Å². The number of carbonyl (C=O) groups excluding carboxylic acids is 3. The second-order valence-electron chi connectivity index (χ2n) is 11.4. The fourth-order valence-electron chi connectivity index (χ4n) is 4.62. The van der Waals surface area contributed by atoms with Crippen molar-refractivity contribution in [2.75, 3.05) is 13.1 Å². The molecule has 0 rings (SSSR count). The van der Waals surface area contributed by atoms with E-state index < -0.39 is 35.8 Å². The molecular formula is C31H58N4O7. The molecule has 0 fully saturated rings. The smallest absolute Gasteiger partial charge is 0.303 e. The van der Waals surface area contributed by atoms with Gasteiger partial charge in [0, 0.05) is 38.4 Å². The van der Waals surface area contributed by atoms with Gasteiger partial charge in [0.25, 0.3) is 0 Å². The van der Waals surface area contributed by atoms with Crippen molar-refractivity contribution in [3.05, 3.63) is 0 Å². The predicted octanol–water partition coefficient (Wildman–Crippen LogP) is 4.28. The van der Waals surface area contributed by atoms with E-state index in [0.717, 1.165) is 32.1 Å². The third-order valence-electron chi connectivity index (χ3n) is 7.01. The van der Waals surface area contributed by atoms with E-state index in [1.54, 1.807) is 0 Å². The summed E-state index contributed by atoms with van der Waals surface area (Å²) in [6.07, 6.45) is 14.4. The van der Waals surface area contributed by atoms with E-state index in [2.05, 4.69) is 28.2 Å². The summed E-state index contributed by atoms with van der Waals surface area (Å²) in [5, 5.41) is 29.4. The van der Waals surface area contributed by atoms with Crippen molar-refractivity contribution >= 4 is 29.7 Å². The number of hydrogen-bond donors (Lipinski definition) is 6. The van der Waals surface area contributed by atoms with Crippen LogP contribution in [0.25, 0.3) is 0 Å². The van der Waals surface area contributed by atoms with Gasteiger partial charge in [0.2, 0.25) is 17.7 Å². The highest BCUT2D eigenvalue weighted by Crippen LogP contribution is 2.10. The summed E-state index contributed by atoms with van der Waals surface area (Å²) < 4.78 is 0. The minimum atomic E-state index is -1.08. The van der Waals surface area contributed by atoms with Crippen LogP contribution in [0.5, 0.6) is 0 Å². The van der Waals surface area contributed by atoms with Gasteiger partial charge in [-0.3, -0.25) is 24.0 Å². The van der Waals surface area contributed by atoms with Crippen LogP contribution in [0, 0.1) is 0 Å².